The fourth-order valence-corrected chi connectivity index (χ4v) is 1.70. The van der Waals surface area contributed by atoms with Crippen molar-refractivity contribution < 1.29 is 13.6 Å². The zero-order valence-electron chi connectivity index (χ0n) is 10.3. The summed E-state index contributed by atoms with van der Waals surface area (Å²) in [5, 5.41) is 0. The standard InChI is InChI=1S/C14H12F2N2O/c1-18(9-10-3-2-6-17-8-10)14(19)12-7-11(15)4-5-13(12)16/h2-8H,9H2,1H3. The number of hydrogen-bond acceptors (Lipinski definition) is 2. The Morgan fingerprint density at radius 3 is 2.79 bits per heavy atom. The number of aromatic nitrogens is 1. The molecule has 0 fully saturated rings. The topological polar surface area (TPSA) is 33.2 Å². The van der Waals surface area contributed by atoms with Crippen molar-refractivity contribution in [1.29, 1.82) is 0 Å². The molecule has 0 aliphatic rings. The summed E-state index contributed by atoms with van der Waals surface area (Å²) < 4.78 is 26.5. The molecule has 0 atom stereocenters. The number of carbonyl (C=O) groups is 1. The molecule has 1 heterocycles. The maximum atomic E-state index is 13.5. The summed E-state index contributed by atoms with van der Waals surface area (Å²) in [5.74, 6) is -1.94. The van der Waals surface area contributed by atoms with Crippen LogP contribution in [-0.4, -0.2) is 22.8 Å². The Morgan fingerprint density at radius 1 is 1.32 bits per heavy atom. The lowest BCUT2D eigenvalue weighted by Crippen LogP contribution is -2.27. The van der Waals surface area contributed by atoms with Gasteiger partial charge in [0, 0.05) is 26.0 Å². The number of nitrogens with zero attached hydrogens (tertiary/aromatic N) is 2. The third-order valence-corrected chi connectivity index (χ3v) is 2.65. The molecule has 0 unspecified atom stereocenters. The van der Waals surface area contributed by atoms with Crippen molar-refractivity contribution in [2.45, 2.75) is 6.54 Å². The molecule has 98 valence electrons. The second-order valence-electron chi connectivity index (χ2n) is 4.15. The Morgan fingerprint density at radius 2 is 2.11 bits per heavy atom. The van der Waals surface area contributed by atoms with E-state index in [2.05, 4.69) is 4.98 Å². The first-order chi connectivity index (χ1) is 9.08. The summed E-state index contributed by atoms with van der Waals surface area (Å²) in [6.45, 7) is 0.280. The van der Waals surface area contributed by atoms with Gasteiger partial charge in [-0.25, -0.2) is 8.78 Å². The second-order valence-corrected chi connectivity index (χ2v) is 4.15. The van der Waals surface area contributed by atoms with E-state index in [9.17, 15) is 13.6 Å². The monoisotopic (exact) mass is 262 g/mol. The van der Waals surface area contributed by atoms with Gasteiger partial charge < -0.3 is 4.90 Å². The Kier molecular flexibility index (Phi) is 3.85. The molecule has 0 saturated carbocycles. The van der Waals surface area contributed by atoms with Crippen molar-refractivity contribution in [3.63, 3.8) is 0 Å². The third-order valence-electron chi connectivity index (χ3n) is 2.65. The van der Waals surface area contributed by atoms with E-state index >= 15 is 0 Å². The van der Waals surface area contributed by atoms with Crippen molar-refractivity contribution in [3.05, 3.63) is 65.5 Å². The van der Waals surface area contributed by atoms with Crippen LogP contribution in [0.4, 0.5) is 8.78 Å². The molecule has 1 amide bonds. The Labute approximate surface area is 109 Å². The van der Waals surface area contributed by atoms with Gasteiger partial charge >= 0.3 is 0 Å². The van der Waals surface area contributed by atoms with Gasteiger partial charge in [0.05, 0.1) is 5.56 Å². The highest BCUT2D eigenvalue weighted by molar-refractivity contribution is 5.94. The molecule has 19 heavy (non-hydrogen) atoms. The molecule has 0 N–H and O–H groups in total. The highest BCUT2D eigenvalue weighted by Gasteiger charge is 2.17. The van der Waals surface area contributed by atoms with Gasteiger partial charge in [-0.05, 0) is 29.8 Å². The van der Waals surface area contributed by atoms with Crippen LogP contribution in [0.3, 0.4) is 0 Å². The lowest BCUT2D eigenvalue weighted by atomic mass is 10.1. The van der Waals surface area contributed by atoms with Crippen LogP contribution in [-0.2, 0) is 6.54 Å². The quantitative estimate of drug-likeness (QED) is 0.852. The Hall–Kier alpha value is -2.30. The molecule has 0 saturated heterocycles. The number of halogens is 2. The van der Waals surface area contributed by atoms with E-state index in [1.807, 2.05) is 0 Å². The summed E-state index contributed by atoms with van der Waals surface area (Å²) in [5.41, 5.74) is 0.543. The van der Waals surface area contributed by atoms with Gasteiger partial charge in [0.15, 0.2) is 0 Å². The number of rotatable bonds is 3. The molecule has 0 radical (unpaired) electrons. The predicted octanol–water partition coefficient (Wildman–Crippen LogP) is 2.63. The maximum absolute atomic E-state index is 13.5. The zero-order valence-corrected chi connectivity index (χ0v) is 10.3. The lowest BCUT2D eigenvalue weighted by Gasteiger charge is -2.17. The molecule has 1 aromatic heterocycles. The SMILES string of the molecule is CN(Cc1cccnc1)C(=O)c1cc(F)ccc1F. The fourth-order valence-electron chi connectivity index (χ4n) is 1.70. The van der Waals surface area contributed by atoms with E-state index in [1.165, 1.54) is 11.9 Å². The van der Waals surface area contributed by atoms with Gasteiger partial charge in [-0.2, -0.15) is 0 Å². The van der Waals surface area contributed by atoms with Crippen LogP contribution in [0.1, 0.15) is 15.9 Å². The molecule has 2 rings (SSSR count). The van der Waals surface area contributed by atoms with Crippen molar-refractivity contribution in [2.75, 3.05) is 7.05 Å². The second kappa shape index (κ2) is 5.56. The number of benzene rings is 1. The summed E-state index contributed by atoms with van der Waals surface area (Å²) in [4.78, 5) is 17.3. The maximum Gasteiger partial charge on any atom is 0.256 e. The number of pyridine rings is 1. The molecule has 5 heteroatoms. The van der Waals surface area contributed by atoms with E-state index in [4.69, 9.17) is 0 Å². The average molecular weight is 262 g/mol. The summed E-state index contributed by atoms with van der Waals surface area (Å²) in [6.07, 6.45) is 3.24. The Balaban J connectivity index is 2.17. The molecule has 0 aliphatic carbocycles. The van der Waals surface area contributed by atoms with Crippen LogP contribution in [0, 0.1) is 11.6 Å². The Bertz CT molecular complexity index is 587. The molecule has 1 aromatic carbocycles. The first-order valence-electron chi connectivity index (χ1n) is 5.67. The van der Waals surface area contributed by atoms with E-state index in [0.29, 0.717) is 0 Å². The predicted molar refractivity (Wildman–Crippen MR) is 66.4 cm³/mol. The van der Waals surface area contributed by atoms with E-state index in [-0.39, 0.29) is 12.1 Å². The van der Waals surface area contributed by atoms with E-state index in [1.54, 1.807) is 24.5 Å². The minimum Gasteiger partial charge on any atom is -0.337 e. The molecule has 0 bridgehead atoms. The molecule has 2 aromatic rings. The zero-order chi connectivity index (χ0) is 13.8. The van der Waals surface area contributed by atoms with Gasteiger partial charge in [0.2, 0.25) is 0 Å². The molecule has 0 aliphatic heterocycles. The number of hydrogen-bond donors (Lipinski definition) is 0. The van der Waals surface area contributed by atoms with Gasteiger partial charge in [0.25, 0.3) is 5.91 Å². The number of amides is 1. The van der Waals surface area contributed by atoms with Crippen molar-refractivity contribution >= 4 is 5.91 Å². The first kappa shape index (κ1) is 13.1. The largest absolute Gasteiger partial charge is 0.337 e. The van der Waals surface area contributed by atoms with Gasteiger partial charge in [0.1, 0.15) is 11.6 Å². The summed E-state index contributed by atoms with van der Waals surface area (Å²) in [7, 11) is 1.53. The fraction of sp³-hybridized carbons (Fsp3) is 0.143. The highest BCUT2D eigenvalue weighted by atomic mass is 19.1. The molecule has 3 nitrogen and oxygen atoms in total. The van der Waals surface area contributed by atoms with Gasteiger partial charge in [-0.15, -0.1) is 0 Å². The van der Waals surface area contributed by atoms with Crippen LogP contribution in [0.25, 0.3) is 0 Å². The highest BCUT2D eigenvalue weighted by Crippen LogP contribution is 2.13. The van der Waals surface area contributed by atoms with Crippen molar-refractivity contribution in [3.8, 4) is 0 Å². The molecule has 0 spiro atoms. The minimum absolute atomic E-state index is 0.272. The van der Waals surface area contributed by atoms with Crippen molar-refractivity contribution in [1.82, 2.24) is 9.88 Å². The third kappa shape index (κ3) is 3.13. The number of carbonyl (C=O) groups excluding carboxylic acids is 1. The van der Waals surface area contributed by atoms with Gasteiger partial charge in [-0.3, -0.25) is 9.78 Å². The van der Waals surface area contributed by atoms with Crippen LogP contribution >= 0.6 is 0 Å². The van der Waals surface area contributed by atoms with Crippen LogP contribution in [0.5, 0.6) is 0 Å². The minimum atomic E-state index is -0.732. The van der Waals surface area contributed by atoms with E-state index in [0.717, 1.165) is 23.8 Å². The summed E-state index contributed by atoms with van der Waals surface area (Å²) in [6, 6.07) is 6.38. The van der Waals surface area contributed by atoms with Crippen LogP contribution in [0.15, 0.2) is 42.7 Å². The van der Waals surface area contributed by atoms with E-state index < -0.39 is 17.5 Å². The lowest BCUT2D eigenvalue weighted by molar-refractivity contribution is 0.0779. The van der Waals surface area contributed by atoms with Crippen LogP contribution in [0.2, 0.25) is 0 Å². The normalized spacial score (nSPS) is 10.3. The van der Waals surface area contributed by atoms with Crippen molar-refractivity contribution in [2.24, 2.45) is 0 Å². The smallest absolute Gasteiger partial charge is 0.256 e. The average Bonchev–Trinajstić information content (AvgIpc) is 2.42. The first-order valence-corrected chi connectivity index (χ1v) is 5.67. The van der Waals surface area contributed by atoms with Gasteiger partial charge in [-0.1, -0.05) is 6.07 Å². The van der Waals surface area contributed by atoms with Crippen LogP contribution < -0.4 is 0 Å². The molecular weight excluding hydrogens is 250 g/mol. The molecular formula is C14H12F2N2O. The summed E-state index contributed by atoms with van der Waals surface area (Å²) >= 11 is 0.